The Kier molecular flexibility index (Phi) is 5.65. The maximum Gasteiger partial charge on any atom is 0.0406 e. The van der Waals surface area contributed by atoms with E-state index in [1.54, 1.807) is 0 Å². The predicted octanol–water partition coefficient (Wildman–Crippen LogP) is 2.48. The molecule has 0 saturated carbocycles. The summed E-state index contributed by atoms with van der Waals surface area (Å²) in [5.41, 5.74) is 1.36. The van der Waals surface area contributed by atoms with E-state index in [4.69, 9.17) is 11.6 Å². The summed E-state index contributed by atoms with van der Waals surface area (Å²) in [5.74, 6) is 2.30. The normalized spacial score (nSPS) is 17.2. The van der Waals surface area contributed by atoms with E-state index >= 15 is 0 Å². The van der Waals surface area contributed by atoms with E-state index in [1.165, 1.54) is 31.0 Å². The topological polar surface area (TPSA) is 15.3 Å². The quantitative estimate of drug-likeness (QED) is 0.828. The smallest absolute Gasteiger partial charge is 0.0406 e. The zero-order valence-electron chi connectivity index (χ0n) is 9.99. The van der Waals surface area contributed by atoms with Crippen LogP contribution in [0.25, 0.3) is 0 Å². The third-order valence-electron chi connectivity index (χ3n) is 2.94. The summed E-state index contributed by atoms with van der Waals surface area (Å²) in [6, 6.07) is 8.15. The van der Waals surface area contributed by atoms with Crippen molar-refractivity contribution >= 4 is 23.4 Å². The van der Waals surface area contributed by atoms with Crippen LogP contribution in [0.2, 0.25) is 5.02 Å². The van der Waals surface area contributed by atoms with Crippen molar-refractivity contribution in [1.82, 2.24) is 10.2 Å². The fourth-order valence-corrected chi connectivity index (χ4v) is 2.98. The summed E-state index contributed by atoms with van der Waals surface area (Å²) in [6.07, 6.45) is 0. The third-order valence-corrected chi connectivity index (χ3v) is 4.20. The molecule has 1 aliphatic rings. The molecule has 4 heteroatoms. The highest BCUT2D eigenvalue weighted by molar-refractivity contribution is 7.98. The van der Waals surface area contributed by atoms with Crippen LogP contribution in [0.3, 0.4) is 0 Å². The van der Waals surface area contributed by atoms with E-state index in [0.717, 1.165) is 23.9 Å². The van der Waals surface area contributed by atoms with Crippen LogP contribution in [-0.2, 0) is 5.75 Å². The second kappa shape index (κ2) is 7.27. The van der Waals surface area contributed by atoms with Crippen molar-refractivity contribution in [3.05, 3.63) is 34.9 Å². The Balaban J connectivity index is 1.60. The average molecular weight is 271 g/mol. The summed E-state index contributed by atoms with van der Waals surface area (Å²) in [7, 11) is 0. The Labute approximate surface area is 113 Å². The molecule has 0 aliphatic carbocycles. The molecule has 0 unspecified atom stereocenters. The first kappa shape index (κ1) is 13.2. The predicted molar refractivity (Wildman–Crippen MR) is 76.9 cm³/mol. The fraction of sp³-hybridized carbons (Fsp3) is 0.538. The van der Waals surface area contributed by atoms with Gasteiger partial charge in [0.25, 0.3) is 0 Å². The van der Waals surface area contributed by atoms with Gasteiger partial charge in [0, 0.05) is 49.3 Å². The Bertz CT molecular complexity index is 323. The molecule has 0 spiro atoms. The molecule has 1 aromatic rings. The minimum Gasteiger partial charge on any atom is -0.314 e. The van der Waals surface area contributed by atoms with Crippen LogP contribution >= 0.6 is 23.4 Å². The van der Waals surface area contributed by atoms with Crippen LogP contribution in [0.4, 0.5) is 0 Å². The van der Waals surface area contributed by atoms with Gasteiger partial charge in [-0.25, -0.2) is 0 Å². The first-order valence-electron chi connectivity index (χ1n) is 6.10. The van der Waals surface area contributed by atoms with E-state index in [1.807, 2.05) is 23.9 Å². The number of nitrogens with zero attached hydrogens (tertiary/aromatic N) is 1. The molecule has 0 radical (unpaired) electrons. The van der Waals surface area contributed by atoms with Gasteiger partial charge in [0.15, 0.2) is 0 Å². The number of piperazine rings is 1. The van der Waals surface area contributed by atoms with Gasteiger partial charge in [-0.05, 0) is 17.7 Å². The fourth-order valence-electron chi connectivity index (χ4n) is 1.90. The van der Waals surface area contributed by atoms with E-state index < -0.39 is 0 Å². The highest BCUT2D eigenvalue weighted by Gasteiger charge is 2.08. The van der Waals surface area contributed by atoms with Crippen LogP contribution in [-0.4, -0.2) is 43.4 Å². The molecule has 0 atom stereocenters. The summed E-state index contributed by atoms with van der Waals surface area (Å²) in [5, 5.41) is 4.19. The number of halogens is 1. The van der Waals surface area contributed by atoms with Gasteiger partial charge < -0.3 is 5.32 Å². The number of thioether (sulfide) groups is 1. The van der Waals surface area contributed by atoms with Gasteiger partial charge in [0.05, 0.1) is 0 Å². The van der Waals surface area contributed by atoms with Crippen LogP contribution < -0.4 is 5.32 Å². The molecule has 0 amide bonds. The van der Waals surface area contributed by atoms with Crippen molar-refractivity contribution in [2.75, 3.05) is 38.5 Å². The maximum atomic E-state index is 5.86. The largest absolute Gasteiger partial charge is 0.314 e. The number of nitrogens with one attached hydrogen (secondary N) is 1. The highest BCUT2D eigenvalue weighted by atomic mass is 35.5. The molecule has 1 fully saturated rings. The van der Waals surface area contributed by atoms with Crippen LogP contribution in [0.1, 0.15) is 5.56 Å². The van der Waals surface area contributed by atoms with Crippen molar-refractivity contribution in [2.24, 2.45) is 0 Å². The van der Waals surface area contributed by atoms with Crippen molar-refractivity contribution in [3.63, 3.8) is 0 Å². The van der Waals surface area contributed by atoms with Crippen molar-refractivity contribution < 1.29 is 0 Å². The number of hydrogen-bond donors (Lipinski definition) is 1. The molecule has 94 valence electrons. The monoisotopic (exact) mass is 270 g/mol. The number of benzene rings is 1. The van der Waals surface area contributed by atoms with E-state index in [2.05, 4.69) is 22.3 Å². The van der Waals surface area contributed by atoms with E-state index in [0.29, 0.717) is 0 Å². The molecule has 0 bridgehead atoms. The molecule has 1 heterocycles. The van der Waals surface area contributed by atoms with Gasteiger partial charge in [0.1, 0.15) is 0 Å². The van der Waals surface area contributed by atoms with Gasteiger partial charge >= 0.3 is 0 Å². The van der Waals surface area contributed by atoms with E-state index in [-0.39, 0.29) is 0 Å². The lowest BCUT2D eigenvalue weighted by atomic mass is 10.2. The van der Waals surface area contributed by atoms with Crippen LogP contribution in [0, 0.1) is 0 Å². The van der Waals surface area contributed by atoms with Gasteiger partial charge in [-0.3, -0.25) is 4.90 Å². The maximum absolute atomic E-state index is 5.86. The first-order chi connectivity index (χ1) is 8.34. The standard InChI is InChI=1S/C13H19ClN2S/c14-13-3-1-12(2-4-13)11-17-10-9-16-7-5-15-6-8-16/h1-4,15H,5-11H2. The third kappa shape index (κ3) is 4.88. The summed E-state index contributed by atoms with van der Waals surface area (Å²) in [4.78, 5) is 2.53. The van der Waals surface area contributed by atoms with E-state index in [9.17, 15) is 0 Å². The first-order valence-corrected chi connectivity index (χ1v) is 7.63. The second-order valence-corrected chi connectivity index (χ2v) is 5.81. The average Bonchev–Trinajstić information content (AvgIpc) is 2.38. The minimum atomic E-state index is 0.819. The van der Waals surface area contributed by atoms with Crippen LogP contribution in [0.15, 0.2) is 24.3 Å². The lowest BCUT2D eigenvalue weighted by Gasteiger charge is -2.26. The van der Waals surface area contributed by atoms with Gasteiger partial charge in [-0.1, -0.05) is 23.7 Å². The SMILES string of the molecule is Clc1ccc(CSCCN2CCNCC2)cc1. The Morgan fingerprint density at radius 3 is 2.59 bits per heavy atom. The number of hydrogen-bond acceptors (Lipinski definition) is 3. The van der Waals surface area contributed by atoms with Crippen molar-refractivity contribution in [2.45, 2.75) is 5.75 Å². The minimum absolute atomic E-state index is 0.819. The van der Waals surface area contributed by atoms with Gasteiger partial charge in [-0.15, -0.1) is 0 Å². The zero-order valence-corrected chi connectivity index (χ0v) is 11.6. The van der Waals surface area contributed by atoms with Crippen LogP contribution in [0.5, 0.6) is 0 Å². The Morgan fingerprint density at radius 1 is 1.18 bits per heavy atom. The molecule has 1 N–H and O–H groups in total. The lowest BCUT2D eigenvalue weighted by Crippen LogP contribution is -2.44. The molecule has 17 heavy (non-hydrogen) atoms. The molecule has 0 aromatic heterocycles. The van der Waals surface area contributed by atoms with Crippen molar-refractivity contribution in [1.29, 1.82) is 0 Å². The number of rotatable bonds is 5. The molecule has 1 aromatic carbocycles. The summed E-state index contributed by atoms with van der Waals surface area (Å²) < 4.78 is 0. The second-order valence-electron chi connectivity index (χ2n) is 4.27. The molecule has 1 aliphatic heterocycles. The molecule has 2 rings (SSSR count). The molecule has 1 saturated heterocycles. The highest BCUT2D eigenvalue weighted by Crippen LogP contribution is 2.15. The van der Waals surface area contributed by atoms with Crippen molar-refractivity contribution in [3.8, 4) is 0 Å². The molecule has 2 nitrogen and oxygen atoms in total. The molecular formula is C13H19ClN2S. The Hall–Kier alpha value is -0.220. The van der Waals surface area contributed by atoms with Gasteiger partial charge in [0.2, 0.25) is 0 Å². The molecular weight excluding hydrogens is 252 g/mol. The Morgan fingerprint density at radius 2 is 1.88 bits per heavy atom. The lowest BCUT2D eigenvalue weighted by molar-refractivity contribution is 0.255. The summed E-state index contributed by atoms with van der Waals surface area (Å²) in [6.45, 7) is 5.88. The van der Waals surface area contributed by atoms with Gasteiger partial charge in [-0.2, -0.15) is 11.8 Å². The summed E-state index contributed by atoms with van der Waals surface area (Å²) >= 11 is 7.86. The zero-order chi connectivity index (χ0) is 11.9.